The van der Waals surface area contributed by atoms with Crippen molar-refractivity contribution in [3.8, 4) is 5.75 Å². The third kappa shape index (κ3) is 5.54. The maximum Gasteiger partial charge on any atom is 0.344 e. The lowest BCUT2D eigenvalue weighted by Crippen LogP contribution is -2.27. The van der Waals surface area contributed by atoms with E-state index in [0.717, 1.165) is 0 Å². The Morgan fingerprint density at radius 3 is 2.53 bits per heavy atom. The van der Waals surface area contributed by atoms with Crippen molar-refractivity contribution in [3.05, 3.63) is 53.9 Å². The summed E-state index contributed by atoms with van der Waals surface area (Å²) in [6, 6.07) is 9.84. The minimum Gasteiger partial charge on any atom is -0.482 e. The summed E-state index contributed by atoms with van der Waals surface area (Å²) in [4.78, 5) is 28.5. The Morgan fingerprint density at radius 2 is 1.90 bits per heavy atom. The highest BCUT2D eigenvalue weighted by Crippen LogP contribution is 2.21. The number of ether oxygens (including phenoxy) is 2. The van der Waals surface area contributed by atoms with Gasteiger partial charge in [-0.3, -0.25) is 4.79 Å². The van der Waals surface area contributed by atoms with Gasteiger partial charge in [0.2, 0.25) is 5.71 Å². The van der Waals surface area contributed by atoms with Crippen LogP contribution in [0.15, 0.2) is 47.0 Å². The van der Waals surface area contributed by atoms with Gasteiger partial charge in [0, 0.05) is 22.8 Å². The molecule has 0 radical (unpaired) electrons. The lowest BCUT2D eigenvalue weighted by Gasteiger charge is -2.19. The molecule has 3 N–H and O–H groups in total. The number of thiocarbonyl (C=S) groups is 1. The molecule has 1 aromatic carbocycles. The number of nitrogens with zero attached hydrogens (tertiary/aromatic N) is 1. The third-order valence-electron chi connectivity index (χ3n) is 3.77. The number of hydrogen-bond donors (Lipinski definition) is 2. The predicted molar refractivity (Wildman–Crippen MR) is 116 cm³/mol. The van der Waals surface area contributed by atoms with Crippen LogP contribution in [0.1, 0.15) is 36.9 Å². The summed E-state index contributed by atoms with van der Waals surface area (Å²) in [5.41, 5.74) is 6.46. The highest BCUT2D eigenvalue weighted by molar-refractivity contribution is 7.80. The average molecular weight is 427 g/mol. The number of amides is 1. The molecular weight excluding hydrogens is 406 g/mol. The van der Waals surface area contributed by atoms with E-state index in [1.165, 1.54) is 6.20 Å². The van der Waals surface area contributed by atoms with E-state index in [1.54, 1.807) is 57.2 Å². The molecule has 0 aliphatic rings. The zero-order chi connectivity index (χ0) is 21.9. The van der Waals surface area contributed by atoms with Crippen LogP contribution < -0.4 is 15.8 Å². The molecule has 0 bridgehead atoms. The molecule has 0 aliphatic heterocycles. The van der Waals surface area contributed by atoms with E-state index in [9.17, 15) is 9.59 Å². The second kappa shape index (κ2) is 8.50. The monoisotopic (exact) mass is 427 g/mol. The van der Waals surface area contributed by atoms with Gasteiger partial charge in [0.1, 0.15) is 16.3 Å². The van der Waals surface area contributed by atoms with E-state index in [2.05, 4.69) is 10.3 Å². The van der Waals surface area contributed by atoms with Crippen molar-refractivity contribution < 1.29 is 23.5 Å². The molecule has 9 heteroatoms. The molecule has 0 saturated carbocycles. The normalized spacial score (nSPS) is 11.2. The summed E-state index contributed by atoms with van der Waals surface area (Å²) < 4.78 is 16.1. The topological polar surface area (TPSA) is 117 Å². The van der Waals surface area contributed by atoms with Gasteiger partial charge in [-0.05, 0) is 57.2 Å². The molecule has 0 spiro atoms. The zero-order valence-corrected chi connectivity index (χ0v) is 17.5. The van der Waals surface area contributed by atoms with E-state index in [4.69, 9.17) is 31.8 Å². The second-order valence-corrected chi connectivity index (χ2v) is 7.89. The number of anilines is 1. The van der Waals surface area contributed by atoms with Crippen LogP contribution in [0.4, 0.5) is 5.69 Å². The standard InChI is InChI=1S/C21H21N3O5S/c1-21(2,3)29-17(25)11-27-15-6-4-14(5-7-15)24-19(26)16-9-12-8-13(18(22)30)10-23-20(12)28-16/h4-10H,11H2,1-3H3,(H2,22,30)(H,24,26). The number of nitrogens with one attached hydrogen (secondary N) is 1. The number of carbonyl (C=O) groups excluding carboxylic acids is 2. The molecule has 3 rings (SSSR count). The van der Waals surface area contributed by atoms with Crippen LogP contribution >= 0.6 is 12.2 Å². The van der Waals surface area contributed by atoms with Crippen molar-refractivity contribution in [2.75, 3.05) is 11.9 Å². The Kier molecular flexibility index (Phi) is 6.02. The highest BCUT2D eigenvalue weighted by Gasteiger charge is 2.17. The highest BCUT2D eigenvalue weighted by atomic mass is 32.1. The van der Waals surface area contributed by atoms with Crippen molar-refractivity contribution >= 4 is 45.9 Å². The fraction of sp³-hybridized carbons (Fsp3) is 0.238. The molecule has 0 saturated heterocycles. The minimum absolute atomic E-state index is 0.0999. The van der Waals surface area contributed by atoms with Crippen molar-refractivity contribution in [3.63, 3.8) is 0 Å². The van der Waals surface area contributed by atoms with Crippen LogP contribution in [0.5, 0.6) is 5.75 Å². The molecule has 0 unspecified atom stereocenters. The Labute approximate surface area is 178 Å². The molecule has 2 heterocycles. The van der Waals surface area contributed by atoms with E-state index in [1.807, 2.05) is 0 Å². The lowest BCUT2D eigenvalue weighted by atomic mass is 10.2. The van der Waals surface area contributed by atoms with Crippen LogP contribution in [0.2, 0.25) is 0 Å². The zero-order valence-electron chi connectivity index (χ0n) is 16.7. The predicted octanol–water partition coefficient (Wildman–Crippen LogP) is 3.43. The largest absolute Gasteiger partial charge is 0.482 e. The lowest BCUT2D eigenvalue weighted by molar-refractivity contribution is -0.157. The number of esters is 1. The van der Waals surface area contributed by atoms with Crippen LogP contribution in [0.25, 0.3) is 11.1 Å². The van der Waals surface area contributed by atoms with E-state index >= 15 is 0 Å². The Morgan fingerprint density at radius 1 is 1.20 bits per heavy atom. The van der Waals surface area contributed by atoms with E-state index in [-0.39, 0.29) is 17.4 Å². The first kappa shape index (κ1) is 21.3. The molecular formula is C21H21N3O5S. The van der Waals surface area contributed by atoms with E-state index in [0.29, 0.717) is 28.1 Å². The molecule has 8 nitrogen and oxygen atoms in total. The quantitative estimate of drug-likeness (QED) is 0.454. The van der Waals surface area contributed by atoms with Gasteiger partial charge in [0.15, 0.2) is 12.4 Å². The molecule has 0 atom stereocenters. The fourth-order valence-corrected chi connectivity index (χ4v) is 2.63. The van der Waals surface area contributed by atoms with Crippen LogP contribution in [-0.2, 0) is 9.53 Å². The number of fused-ring (bicyclic) bond motifs is 1. The Hall–Kier alpha value is -3.46. The Balaban J connectivity index is 1.61. The first-order chi connectivity index (χ1) is 14.1. The van der Waals surface area contributed by atoms with Gasteiger partial charge in [0.05, 0.1) is 0 Å². The number of furan rings is 1. The SMILES string of the molecule is CC(C)(C)OC(=O)COc1ccc(NC(=O)c2cc3cc(C(N)=S)cnc3o2)cc1. The number of hydrogen-bond acceptors (Lipinski definition) is 7. The molecule has 0 fully saturated rings. The smallest absolute Gasteiger partial charge is 0.344 e. The summed E-state index contributed by atoms with van der Waals surface area (Å²) >= 11 is 4.93. The second-order valence-electron chi connectivity index (χ2n) is 7.45. The number of pyridine rings is 1. The molecule has 3 aromatic rings. The fourth-order valence-electron chi connectivity index (χ4n) is 2.52. The van der Waals surface area contributed by atoms with Crippen LogP contribution in [0, 0.1) is 0 Å². The van der Waals surface area contributed by atoms with Gasteiger partial charge in [0.25, 0.3) is 5.91 Å². The first-order valence-electron chi connectivity index (χ1n) is 9.06. The van der Waals surface area contributed by atoms with E-state index < -0.39 is 17.5 Å². The van der Waals surface area contributed by atoms with Crippen molar-refractivity contribution in [2.45, 2.75) is 26.4 Å². The molecule has 0 aliphatic carbocycles. The number of carbonyl (C=O) groups is 2. The van der Waals surface area contributed by atoms with Crippen LogP contribution in [-0.4, -0.2) is 34.1 Å². The average Bonchev–Trinajstić information content (AvgIpc) is 3.09. The third-order valence-corrected chi connectivity index (χ3v) is 4.00. The maximum atomic E-state index is 12.5. The van der Waals surface area contributed by atoms with Crippen molar-refractivity contribution in [2.24, 2.45) is 5.73 Å². The van der Waals surface area contributed by atoms with Crippen LogP contribution in [0.3, 0.4) is 0 Å². The summed E-state index contributed by atoms with van der Waals surface area (Å²) in [7, 11) is 0. The van der Waals surface area contributed by atoms with Crippen molar-refractivity contribution in [1.29, 1.82) is 0 Å². The van der Waals surface area contributed by atoms with Gasteiger partial charge in [-0.2, -0.15) is 0 Å². The molecule has 30 heavy (non-hydrogen) atoms. The summed E-state index contributed by atoms with van der Waals surface area (Å²) in [5.74, 6) is -0.329. The van der Waals surface area contributed by atoms with Gasteiger partial charge >= 0.3 is 5.97 Å². The summed E-state index contributed by atoms with van der Waals surface area (Å²) in [6.45, 7) is 5.15. The number of rotatable bonds is 6. The summed E-state index contributed by atoms with van der Waals surface area (Å²) in [6.07, 6.45) is 1.49. The van der Waals surface area contributed by atoms with Gasteiger partial charge < -0.3 is 24.9 Å². The molecule has 2 aromatic heterocycles. The number of benzene rings is 1. The maximum absolute atomic E-state index is 12.5. The first-order valence-corrected chi connectivity index (χ1v) is 9.47. The summed E-state index contributed by atoms with van der Waals surface area (Å²) in [5, 5.41) is 3.34. The van der Waals surface area contributed by atoms with Gasteiger partial charge in [-0.1, -0.05) is 12.2 Å². The number of nitrogens with two attached hydrogens (primary N) is 1. The number of aromatic nitrogens is 1. The minimum atomic E-state index is -0.571. The molecule has 156 valence electrons. The van der Waals surface area contributed by atoms with Crippen molar-refractivity contribution in [1.82, 2.24) is 4.98 Å². The van der Waals surface area contributed by atoms with Gasteiger partial charge in [-0.25, -0.2) is 9.78 Å². The Bertz CT molecular complexity index is 1100. The molecule has 1 amide bonds. The van der Waals surface area contributed by atoms with Gasteiger partial charge in [-0.15, -0.1) is 0 Å².